The SMILES string of the molecule is CN[C@](CO)(C(=O)O)c1nc(Nc2cccc(C(F)(F)F)c2)nc(Nc2cccc(C(F)(F)F)c2)n1. The van der Waals surface area contributed by atoms with E-state index in [0.717, 1.165) is 36.4 Å². The summed E-state index contributed by atoms with van der Waals surface area (Å²) < 4.78 is 78.4. The number of carboxylic acid groups (broad SMARTS) is 1. The van der Waals surface area contributed by atoms with Crippen molar-refractivity contribution in [2.45, 2.75) is 17.9 Å². The van der Waals surface area contributed by atoms with Gasteiger partial charge in [-0.2, -0.15) is 41.3 Å². The van der Waals surface area contributed by atoms with Crippen LogP contribution in [-0.4, -0.2) is 44.8 Å². The van der Waals surface area contributed by atoms with Crippen molar-refractivity contribution in [2.75, 3.05) is 24.3 Å². The van der Waals surface area contributed by atoms with Gasteiger partial charge in [-0.05, 0) is 43.4 Å². The van der Waals surface area contributed by atoms with Gasteiger partial charge in [-0.1, -0.05) is 12.1 Å². The molecule has 2 aromatic carbocycles. The maximum absolute atomic E-state index is 13.1. The molecule has 5 N–H and O–H groups in total. The average molecular weight is 516 g/mol. The van der Waals surface area contributed by atoms with E-state index in [1.165, 1.54) is 19.2 Å². The lowest BCUT2D eigenvalue weighted by atomic mass is 10.0. The third-order valence-electron chi connectivity index (χ3n) is 4.94. The molecule has 192 valence electrons. The minimum absolute atomic E-state index is 0.124. The van der Waals surface area contributed by atoms with Crippen molar-refractivity contribution in [1.29, 1.82) is 0 Å². The Morgan fingerprint density at radius 2 is 1.28 bits per heavy atom. The Bertz CT molecular complexity index is 1170. The fraction of sp³-hybridized carbons (Fsp3) is 0.238. The van der Waals surface area contributed by atoms with E-state index >= 15 is 0 Å². The molecule has 15 heteroatoms. The largest absolute Gasteiger partial charge is 0.479 e. The summed E-state index contributed by atoms with van der Waals surface area (Å²) in [5.41, 5.74) is -4.50. The standard InChI is InChI=1S/C21H18F6N6O3/c1-28-19(10-34,16(35)36)15-31-17(29-13-6-2-4-11(8-13)20(22,23)24)33-18(32-15)30-14-7-3-5-12(9-14)21(25,26)27/h2-9,28,34H,10H2,1H3,(H,35,36)(H2,29,30,31,32,33)/t19-/m0/s1. The number of carbonyl (C=O) groups is 1. The maximum atomic E-state index is 13.1. The quantitative estimate of drug-likeness (QED) is 0.283. The summed E-state index contributed by atoms with van der Waals surface area (Å²) in [4.78, 5) is 23.7. The Morgan fingerprint density at radius 1 is 0.833 bits per heavy atom. The monoisotopic (exact) mass is 516 g/mol. The topological polar surface area (TPSA) is 132 Å². The fourth-order valence-corrected chi connectivity index (χ4v) is 3.02. The van der Waals surface area contributed by atoms with E-state index in [1.54, 1.807) is 0 Å². The highest BCUT2D eigenvalue weighted by atomic mass is 19.4. The molecule has 1 aromatic heterocycles. The van der Waals surface area contributed by atoms with Gasteiger partial charge < -0.3 is 20.8 Å². The second-order valence-corrected chi connectivity index (χ2v) is 7.33. The maximum Gasteiger partial charge on any atom is 0.416 e. The van der Waals surface area contributed by atoms with Gasteiger partial charge in [-0.3, -0.25) is 5.32 Å². The van der Waals surface area contributed by atoms with Gasteiger partial charge in [0.05, 0.1) is 17.7 Å². The van der Waals surface area contributed by atoms with Crippen LogP contribution in [0, 0.1) is 0 Å². The van der Waals surface area contributed by atoms with E-state index in [1.807, 2.05) is 0 Å². The first kappa shape index (κ1) is 26.6. The van der Waals surface area contributed by atoms with Crippen molar-refractivity contribution in [3.8, 4) is 0 Å². The Morgan fingerprint density at radius 3 is 1.61 bits per heavy atom. The fourth-order valence-electron chi connectivity index (χ4n) is 3.02. The molecular weight excluding hydrogens is 498 g/mol. The Balaban J connectivity index is 2.09. The van der Waals surface area contributed by atoms with Crippen LogP contribution in [-0.2, 0) is 22.7 Å². The lowest BCUT2D eigenvalue weighted by Gasteiger charge is -2.25. The number of aliphatic hydroxyl groups is 1. The molecule has 0 saturated carbocycles. The number of halogens is 6. The third kappa shape index (κ3) is 5.80. The van der Waals surface area contributed by atoms with Crippen LogP contribution in [0.4, 0.5) is 49.6 Å². The summed E-state index contributed by atoms with van der Waals surface area (Å²) in [7, 11) is 1.19. The number of hydrogen-bond donors (Lipinski definition) is 5. The molecule has 0 saturated heterocycles. The molecule has 0 aliphatic heterocycles. The third-order valence-corrected chi connectivity index (χ3v) is 4.94. The molecule has 0 radical (unpaired) electrons. The van der Waals surface area contributed by atoms with Gasteiger partial charge in [-0.25, -0.2) is 4.79 Å². The molecule has 1 heterocycles. The second-order valence-electron chi connectivity index (χ2n) is 7.33. The molecule has 36 heavy (non-hydrogen) atoms. The molecule has 0 aliphatic carbocycles. The summed E-state index contributed by atoms with van der Waals surface area (Å²) in [5.74, 6) is -3.06. The van der Waals surface area contributed by atoms with Crippen LogP contribution in [0.1, 0.15) is 17.0 Å². The van der Waals surface area contributed by atoms with E-state index in [4.69, 9.17) is 0 Å². The van der Waals surface area contributed by atoms with Crippen LogP contribution in [0.15, 0.2) is 48.5 Å². The highest BCUT2D eigenvalue weighted by molar-refractivity contribution is 5.80. The molecule has 1 atom stereocenters. The number of hydrogen-bond acceptors (Lipinski definition) is 8. The van der Waals surface area contributed by atoms with Gasteiger partial charge in [-0.15, -0.1) is 0 Å². The molecule has 0 bridgehead atoms. The summed E-state index contributed by atoms with van der Waals surface area (Å²) in [6, 6.07) is 7.88. The van der Waals surface area contributed by atoms with Crippen LogP contribution < -0.4 is 16.0 Å². The minimum atomic E-state index is -4.65. The molecule has 3 rings (SSSR count). The number of anilines is 4. The predicted octanol–water partition coefficient (Wildman–Crippen LogP) is 3.89. The molecule has 0 spiro atoms. The first-order valence-electron chi connectivity index (χ1n) is 9.97. The van der Waals surface area contributed by atoms with Crippen LogP contribution in [0.2, 0.25) is 0 Å². The number of aromatic nitrogens is 3. The van der Waals surface area contributed by atoms with E-state index in [-0.39, 0.29) is 11.4 Å². The minimum Gasteiger partial charge on any atom is -0.479 e. The molecule has 0 unspecified atom stereocenters. The highest BCUT2D eigenvalue weighted by Gasteiger charge is 2.42. The van der Waals surface area contributed by atoms with Crippen molar-refractivity contribution in [3.05, 3.63) is 65.5 Å². The lowest BCUT2D eigenvalue weighted by Crippen LogP contribution is -2.52. The molecule has 3 aromatic rings. The second kappa shape index (κ2) is 9.94. The Hall–Kier alpha value is -3.98. The van der Waals surface area contributed by atoms with Crippen LogP contribution in [0.5, 0.6) is 0 Å². The zero-order chi connectivity index (χ0) is 26.7. The van der Waals surface area contributed by atoms with Gasteiger partial charge >= 0.3 is 18.3 Å². The van der Waals surface area contributed by atoms with Crippen LogP contribution >= 0.6 is 0 Å². The number of alkyl halides is 6. The number of benzene rings is 2. The van der Waals surface area contributed by atoms with Gasteiger partial charge in [0.15, 0.2) is 5.82 Å². The van der Waals surface area contributed by atoms with E-state index < -0.39 is 59.3 Å². The molecule has 0 fully saturated rings. The zero-order valence-electron chi connectivity index (χ0n) is 18.2. The first-order chi connectivity index (χ1) is 16.8. The summed E-state index contributed by atoms with van der Waals surface area (Å²) in [5, 5.41) is 26.8. The van der Waals surface area contributed by atoms with Gasteiger partial charge in [0.25, 0.3) is 0 Å². The van der Waals surface area contributed by atoms with Crippen LogP contribution in [0.3, 0.4) is 0 Å². The number of carboxylic acids is 1. The van der Waals surface area contributed by atoms with Crippen molar-refractivity contribution >= 4 is 29.2 Å². The lowest BCUT2D eigenvalue weighted by molar-refractivity contribution is -0.147. The number of aliphatic carboxylic acids is 1. The number of nitrogens with one attached hydrogen (secondary N) is 3. The van der Waals surface area contributed by atoms with Crippen molar-refractivity contribution in [1.82, 2.24) is 20.3 Å². The van der Waals surface area contributed by atoms with Gasteiger partial charge in [0, 0.05) is 11.4 Å². The molecular formula is C21H18F6N6O3. The van der Waals surface area contributed by atoms with Crippen LogP contribution in [0.25, 0.3) is 0 Å². The molecule has 0 aliphatic rings. The average Bonchev–Trinajstić information content (AvgIpc) is 2.79. The highest BCUT2D eigenvalue weighted by Crippen LogP contribution is 2.33. The first-order valence-corrected chi connectivity index (χ1v) is 9.97. The van der Waals surface area contributed by atoms with Crippen molar-refractivity contribution in [2.24, 2.45) is 0 Å². The smallest absolute Gasteiger partial charge is 0.416 e. The Labute approximate surface area is 199 Å². The molecule has 0 amide bonds. The van der Waals surface area contributed by atoms with Crippen molar-refractivity contribution < 1.29 is 41.4 Å². The van der Waals surface area contributed by atoms with Gasteiger partial charge in [0.2, 0.25) is 17.4 Å². The van der Waals surface area contributed by atoms with E-state index in [2.05, 4.69) is 30.9 Å². The summed E-state index contributed by atoms with van der Waals surface area (Å²) in [6.07, 6.45) is -9.31. The zero-order valence-corrected chi connectivity index (χ0v) is 18.2. The molecule has 9 nitrogen and oxygen atoms in total. The number of nitrogens with zero attached hydrogens (tertiary/aromatic N) is 3. The summed E-state index contributed by atoms with van der Waals surface area (Å²) in [6.45, 7) is -1.05. The predicted molar refractivity (Wildman–Crippen MR) is 115 cm³/mol. The number of rotatable bonds is 8. The summed E-state index contributed by atoms with van der Waals surface area (Å²) >= 11 is 0. The normalized spacial score (nSPS) is 13.7. The van der Waals surface area contributed by atoms with Crippen molar-refractivity contribution in [3.63, 3.8) is 0 Å². The number of aliphatic hydroxyl groups excluding tert-OH is 1. The van der Waals surface area contributed by atoms with Gasteiger partial charge in [0.1, 0.15) is 0 Å². The van der Waals surface area contributed by atoms with E-state index in [0.29, 0.717) is 0 Å². The van der Waals surface area contributed by atoms with E-state index in [9.17, 15) is 41.4 Å². The number of likely N-dealkylation sites (N-methyl/N-ethyl adjacent to an activating group) is 1. The Kier molecular flexibility index (Phi) is 7.35.